The Morgan fingerprint density at radius 1 is 0.719 bits per heavy atom. The molecule has 1 amide bonds. The lowest BCUT2D eigenvalue weighted by atomic mass is 9.74. The molecule has 0 saturated carbocycles. The second kappa shape index (κ2) is 7.01. The molecule has 2 aliphatic heterocycles. The normalized spacial score (nSPS) is 19.4. The van der Waals surface area contributed by atoms with E-state index >= 15 is 0 Å². The van der Waals surface area contributed by atoms with Crippen molar-refractivity contribution in [1.29, 1.82) is 0 Å². The Morgan fingerprint density at radius 3 is 1.81 bits per heavy atom. The number of carbonyl (C=O) groups is 1. The van der Waals surface area contributed by atoms with Gasteiger partial charge in [-0.3, -0.25) is 4.79 Å². The van der Waals surface area contributed by atoms with Crippen LogP contribution < -0.4 is 9.64 Å². The second-order valence-electron chi connectivity index (χ2n) is 8.12. The summed E-state index contributed by atoms with van der Waals surface area (Å²) in [5, 5.41) is 0. The Balaban J connectivity index is 1.61. The summed E-state index contributed by atoms with van der Waals surface area (Å²) >= 11 is 1.71. The van der Waals surface area contributed by atoms with Crippen molar-refractivity contribution in [3.63, 3.8) is 0 Å². The third-order valence-electron chi connectivity index (χ3n) is 6.44. The van der Waals surface area contributed by atoms with E-state index in [0.29, 0.717) is 0 Å². The van der Waals surface area contributed by atoms with Gasteiger partial charge in [-0.1, -0.05) is 84.9 Å². The minimum absolute atomic E-state index is 0.0615. The molecule has 1 fully saturated rings. The third kappa shape index (κ3) is 2.47. The number of thioether (sulfide) groups is 1. The van der Waals surface area contributed by atoms with Gasteiger partial charge in [0.15, 0.2) is 0 Å². The first-order valence-corrected chi connectivity index (χ1v) is 11.5. The molecule has 1 atom stereocenters. The molecule has 4 aromatic carbocycles. The Hall–Kier alpha value is -3.50. The highest BCUT2D eigenvalue weighted by Crippen LogP contribution is 2.81. The van der Waals surface area contributed by atoms with Crippen molar-refractivity contribution in [2.24, 2.45) is 0 Å². The molecular weight excluding hydrogens is 414 g/mol. The molecule has 2 aliphatic rings. The largest absolute Gasteiger partial charge is 0.457 e. The number of amides is 1. The SMILES string of the molecule is CN(C(=O)[C@]1(c2ccccc2)SC12c1ccccc1Oc1ccccc12)c1ccccc1. The molecule has 1 saturated heterocycles. The summed E-state index contributed by atoms with van der Waals surface area (Å²) in [7, 11) is 1.87. The van der Waals surface area contributed by atoms with Crippen molar-refractivity contribution in [2.45, 2.75) is 9.49 Å². The van der Waals surface area contributed by atoms with E-state index in [4.69, 9.17) is 4.74 Å². The molecule has 0 radical (unpaired) electrons. The van der Waals surface area contributed by atoms with Crippen LogP contribution in [0.4, 0.5) is 5.69 Å². The van der Waals surface area contributed by atoms with E-state index in [1.807, 2.05) is 92.0 Å². The maximum atomic E-state index is 14.4. The zero-order valence-electron chi connectivity index (χ0n) is 17.6. The van der Waals surface area contributed by atoms with E-state index in [-0.39, 0.29) is 5.91 Å². The number of para-hydroxylation sites is 3. The Morgan fingerprint density at radius 2 is 1.22 bits per heavy atom. The van der Waals surface area contributed by atoms with E-state index < -0.39 is 9.49 Å². The molecule has 3 nitrogen and oxygen atoms in total. The predicted molar refractivity (Wildman–Crippen MR) is 129 cm³/mol. The van der Waals surface area contributed by atoms with Gasteiger partial charge in [0.2, 0.25) is 5.91 Å². The number of likely N-dealkylation sites (N-methyl/N-ethyl adjacent to an activating group) is 1. The highest BCUT2D eigenvalue weighted by molar-refractivity contribution is 8.09. The van der Waals surface area contributed by atoms with Gasteiger partial charge in [-0.2, -0.15) is 0 Å². The Kier molecular flexibility index (Phi) is 4.21. The van der Waals surface area contributed by atoms with Gasteiger partial charge in [-0.05, 0) is 29.8 Å². The molecule has 0 aliphatic carbocycles. The first-order valence-electron chi connectivity index (χ1n) is 10.6. The van der Waals surface area contributed by atoms with Gasteiger partial charge in [0.1, 0.15) is 21.0 Å². The average molecular weight is 436 g/mol. The lowest BCUT2D eigenvalue weighted by Crippen LogP contribution is -2.42. The van der Waals surface area contributed by atoms with Crippen LogP contribution in [0.1, 0.15) is 16.7 Å². The van der Waals surface area contributed by atoms with Crippen LogP contribution in [0, 0.1) is 0 Å². The van der Waals surface area contributed by atoms with Gasteiger partial charge in [-0.25, -0.2) is 0 Å². The lowest BCUT2D eigenvalue weighted by Gasteiger charge is -2.33. The van der Waals surface area contributed by atoms with Crippen LogP contribution in [-0.4, -0.2) is 13.0 Å². The summed E-state index contributed by atoms with van der Waals surface area (Å²) in [5.41, 5.74) is 3.97. The Bertz CT molecular complexity index is 1280. The molecule has 4 heteroatoms. The number of fused-ring (bicyclic) bond motifs is 4. The maximum absolute atomic E-state index is 14.4. The van der Waals surface area contributed by atoms with E-state index in [0.717, 1.165) is 33.9 Å². The molecule has 0 aromatic heterocycles. The third-order valence-corrected chi connectivity index (χ3v) is 8.31. The number of benzene rings is 4. The van der Waals surface area contributed by atoms with Gasteiger partial charge in [0, 0.05) is 23.9 Å². The minimum Gasteiger partial charge on any atom is -0.457 e. The first kappa shape index (κ1) is 19.2. The van der Waals surface area contributed by atoms with Crippen molar-refractivity contribution in [2.75, 3.05) is 11.9 Å². The van der Waals surface area contributed by atoms with Crippen LogP contribution in [0.2, 0.25) is 0 Å². The molecule has 2 heterocycles. The fourth-order valence-corrected chi connectivity index (χ4v) is 6.78. The Labute approximate surface area is 191 Å². The maximum Gasteiger partial charge on any atom is 0.249 e. The molecule has 0 N–H and O–H groups in total. The summed E-state index contributed by atoms with van der Waals surface area (Å²) in [5.74, 6) is 1.68. The smallest absolute Gasteiger partial charge is 0.249 e. The standard InChI is InChI=1S/C28H21NO2S/c1-29(21-14-6-3-7-15-21)26(30)27(20-12-4-2-5-13-20)28(32-27)22-16-8-10-18-24(22)31-25-19-11-9-17-23(25)28/h2-19H,1H3/t27-/m0/s1. The predicted octanol–water partition coefficient (Wildman–Crippen LogP) is 6.34. The number of hydrogen-bond donors (Lipinski definition) is 0. The van der Waals surface area contributed by atoms with Crippen LogP contribution >= 0.6 is 11.8 Å². The number of hydrogen-bond acceptors (Lipinski definition) is 3. The van der Waals surface area contributed by atoms with Crippen molar-refractivity contribution in [3.8, 4) is 11.5 Å². The molecule has 32 heavy (non-hydrogen) atoms. The molecule has 0 unspecified atom stereocenters. The summed E-state index contributed by atoms with van der Waals surface area (Å²) in [6.45, 7) is 0. The topological polar surface area (TPSA) is 29.5 Å². The van der Waals surface area contributed by atoms with Gasteiger partial charge in [0.05, 0.1) is 0 Å². The quantitative estimate of drug-likeness (QED) is 0.352. The molecule has 0 bridgehead atoms. The highest BCUT2D eigenvalue weighted by atomic mass is 32.2. The fourth-order valence-electron chi connectivity index (χ4n) is 4.91. The van der Waals surface area contributed by atoms with Crippen molar-refractivity contribution in [3.05, 3.63) is 126 Å². The van der Waals surface area contributed by atoms with E-state index in [9.17, 15) is 4.79 Å². The average Bonchev–Trinajstić information content (AvgIpc) is 3.56. The van der Waals surface area contributed by atoms with Crippen LogP contribution in [0.25, 0.3) is 0 Å². The number of ether oxygens (including phenoxy) is 1. The summed E-state index contributed by atoms with van der Waals surface area (Å²) < 4.78 is 4.92. The van der Waals surface area contributed by atoms with Gasteiger partial charge in [-0.15, -0.1) is 11.8 Å². The number of carbonyl (C=O) groups excluding carboxylic acids is 1. The van der Waals surface area contributed by atoms with E-state index in [2.05, 4.69) is 24.3 Å². The summed E-state index contributed by atoms with van der Waals surface area (Å²) in [6, 6.07) is 36.2. The van der Waals surface area contributed by atoms with E-state index in [1.54, 1.807) is 16.7 Å². The zero-order valence-corrected chi connectivity index (χ0v) is 18.4. The molecule has 1 spiro atoms. The van der Waals surface area contributed by atoms with Crippen LogP contribution in [0.5, 0.6) is 11.5 Å². The van der Waals surface area contributed by atoms with Gasteiger partial charge < -0.3 is 9.64 Å². The van der Waals surface area contributed by atoms with Gasteiger partial charge in [0.25, 0.3) is 0 Å². The van der Waals surface area contributed by atoms with Crippen LogP contribution in [-0.2, 0) is 14.3 Å². The molecular formula is C28H21NO2S. The first-order chi connectivity index (χ1) is 15.7. The van der Waals surface area contributed by atoms with Gasteiger partial charge >= 0.3 is 0 Å². The van der Waals surface area contributed by atoms with E-state index in [1.165, 1.54) is 0 Å². The highest BCUT2D eigenvalue weighted by Gasteiger charge is 2.78. The summed E-state index contributed by atoms with van der Waals surface area (Å²) in [6.07, 6.45) is 0. The lowest BCUT2D eigenvalue weighted by molar-refractivity contribution is -0.120. The fraction of sp³-hybridized carbons (Fsp3) is 0.107. The van der Waals surface area contributed by atoms with Crippen LogP contribution in [0.3, 0.4) is 0 Å². The molecule has 4 aromatic rings. The monoisotopic (exact) mass is 435 g/mol. The number of nitrogens with zero attached hydrogens (tertiary/aromatic N) is 1. The summed E-state index contributed by atoms with van der Waals surface area (Å²) in [4.78, 5) is 16.2. The minimum atomic E-state index is -0.797. The second-order valence-corrected chi connectivity index (χ2v) is 9.55. The van der Waals surface area contributed by atoms with Crippen LogP contribution in [0.15, 0.2) is 109 Å². The van der Waals surface area contributed by atoms with Crippen molar-refractivity contribution in [1.82, 2.24) is 0 Å². The molecule has 156 valence electrons. The number of rotatable bonds is 3. The number of anilines is 1. The molecule has 6 rings (SSSR count). The van der Waals surface area contributed by atoms with Crippen molar-refractivity contribution >= 4 is 23.4 Å². The zero-order chi connectivity index (χ0) is 21.8. The van der Waals surface area contributed by atoms with Crippen molar-refractivity contribution < 1.29 is 9.53 Å².